The zero-order valence-electron chi connectivity index (χ0n) is 13.2. The van der Waals surface area contributed by atoms with Gasteiger partial charge < -0.3 is 5.32 Å². The Bertz CT molecular complexity index is 604. The molecule has 0 unspecified atom stereocenters. The summed E-state index contributed by atoms with van der Waals surface area (Å²) in [6, 6.07) is 6.01. The van der Waals surface area contributed by atoms with Crippen molar-refractivity contribution in [1.29, 1.82) is 0 Å². The fourth-order valence-corrected chi connectivity index (χ4v) is 2.66. The van der Waals surface area contributed by atoms with E-state index < -0.39 is 10.0 Å². The van der Waals surface area contributed by atoms with Crippen LogP contribution in [0, 0.1) is 5.41 Å². The van der Waals surface area contributed by atoms with Crippen molar-refractivity contribution in [2.24, 2.45) is 5.41 Å². The Labute approximate surface area is 127 Å². The molecule has 0 saturated heterocycles. The van der Waals surface area contributed by atoms with E-state index in [-0.39, 0.29) is 22.3 Å². The summed E-state index contributed by atoms with van der Waals surface area (Å²) in [5, 5.41) is 2.89. The highest BCUT2D eigenvalue weighted by atomic mass is 32.2. The molecule has 118 valence electrons. The van der Waals surface area contributed by atoms with E-state index in [9.17, 15) is 13.2 Å². The van der Waals surface area contributed by atoms with Crippen LogP contribution in [0.5, 0.6) is 0 Å². The molecule has 21 heavy (non-hydrogen) atoms. The van der Waals surface area contributed by atoms with Crippen molar-refractivity contribution in [2.45, 2.75) is 45.6 Å². The van der Waals surface area contributed by atoms with Crippen molar-refractivity contribution in [3.05, 3.63) is 29.8 Å². The maximum absolute atomic E-state index is 12.2. The fourth-order valence-electron chi connectivity index (χ4n) is 1.57. The first kappa shape index (κ1) is 17.7. The number of benzene rings is 1. The van der Waals surface area contributed by atoms with Crippen LogP contribution in [0.15, 0.2) is 29.2 Å². The van der Waals surface area contributed by atoms with Gasteiger partial charge in [0.15, 0.2) is 0 Å². The summed E-state index contributed by atoms with van der Waals surface area (Å²) in [5.41, 5.74) is 0.272. The molecule has 0 radical (unpaired) electrons. The summed E-state index contributed by atoms with van der Waals surface area (Å²) in [4.78, 5) is 12.3. The van der Waals surface area contributed by atoms with Crippen molar-refractivity contribution in [3.8, 4) is 0 Å². The fraction of sp³-hybridized carbons (Fsp3) is 0.533. The highest BCUT2D eigenvalue weighted by Gasteiger charge is 2.23. The third-order valence-corrected chi connectivity index (χ3v) is 4.93. The maximum atomic E-state index is 12.2. The first-order valence-electron chi connectivity index (χ1n) is 6.98. The molecule has 1 aromatic rings. The topological polar surface area (TPSA) is 75.3 Å². The van der Waals surface area contributed by atoms with Crippen LogP contribution < -0.4 is 10.0 Å². The van der Waals surface area contributed by atoms with Crippen LogP contribution >= 0.6 is 0 Å². The van der Waals surface area contributed by atoms with Gasteiger partial charge in [0, 0.05) is 18.2 Å². The molecule has 0 aliphatic heterocycles. The third kappa shape index (κ3) is 4.82. The third-order valence-electron chi connectivity index (χ3n) is 3.39. The van der Waals surface area contributed by atoms with Gasteiger partial charge >= 0.3 is 0 Å². The molecule has 0 aliphatic carbocycles. The molecule has 0 fully saturated rings. The predicted octanol–water partition coefficient (Wildman–Crippen LogP) is 2.15. The lowest BCUT2D eigenvalue weighted by atomic mass is 9.88. The van der Waals surface area contributed by atoms with Crippen LogP contribution in [0.1, 0.15) is 45.0 Å². The lowest BCUT2D eigenvalue weighted by Crippen LogP contribution is -2.41. The van der Waals surface area contributed by atoms with Crippen molar-refractivity contribution in [1.82, 2.24) is 10.0 Å². The van der Waals surface area contributed by atoms with E-state index in [1.165, 1.54) is 12.1 Å². The number of hydrogen-bond donors (Lipinski definition) is 2. The SMILES string of the molecule is CCNS(=O)(=O)c1cccc(C(=O)N[C@H](C)C(C)(C)C)c1. The lowest BCUT2D eigenvalue weighted by Gasteiger charge is -2.28. The molecule has 1 amide bonds. The Morgan fingerprint density at radius 2 is 1.90 bits per heavy atom. The second-order valence-electron chi connectivity index (χ2n) is 6.09. The molecule has 5 nitrogen and oxygen atoms in total. The van der Waals surface area contributed by atoms with Crippen molar-refractivity contribution in [3.63, 3.8) is 0 Å². The summed E-state index contributed by atoms with van der Waals surface area (Å²) >= 11 is 0. The quantitative estimate of drug-likeness (QED) is 0.875. The van der Waals surface area contributed by atoms with Crippen LogP contribution in [-0.2, 0) is 10.0 Å². The van der Waals surface area contributed by atoms with E-state index in [1.807, 2.05) is 27.7 Å². The monoisotopic (exact) mass is 312 g/mol. The van der Waals surface area contributed by atoms with E-state index >= 15 is 0 Å². The second-order valence-corrected chi connectivity index (χ2v) is 7.86. The number of carbonyl (C=O) groups excluding carboxylic acids is 1. The number of rotatable bonds is 5. The van der Waals surface area contributed by atoms with Crippen molar-refractivity contribution in [2.75, 3.05) is 6.54 Å². The second kappa shape index (κ2) is 6.58. The van der Waals surface area contributed by atoms with Crippen molar-refractivity contribution >= 4 is 15.9 Å². The average Bonchev–Trinajstić information content (AvgIpc) is 2.37. The van der Waals surface area contributed by atoms with Gasteiger partial charge in [0.25, 0.3) is 5.91 Å². The molecular formula is C15H24N2O3S. The number of nitrogens with one attached hydrogen (secondary N) is 2. The molecule has 0 aromatic heterocycles. The van der Waals surface area contributed by atoms with E-state index in [2.05, 4.69) is 10.0 Å². The summed E-state index contributed by atoms with van der Waals surface area (Å²) in [6.45, 7) is 10.0. The van der Waals surface area contributed by atoms with Gasteiger partial charge in [-0.25, -0.2) is 13.1 Å². The van der Waals surface area contributed by atoms with Gasteiger partial charge in [0.1, 0.15) is 0 Å². The molecule has 0 saturated carbocycles. The summed E-state index contributed by atoms with van der Waals surface area (Å²) < 4.78 is 26.3. The Morgan fingerprint density at radius 1 is 1.29 bits per heavy atom. The number of sulfonamides is 1. The molecule has 1 rings (SSSR count). The smallest absolute Gasteiger partial charge is 0.251 e. The van der Waals surface area contributed by atoms with Gasteiger partial charge in [0.2, 0.25) is 10.0 Å². The zero-order valence-corrected chi connectivity index (χ0v) is 14.0. The standard InChI is InChI=1S/C15H24N2O3S/c1-6-16-21(19,20)13-9-7-8-12(10-13)14(18)17-11(2)15(3,4)5/h7-11,16H,6H2,1-5H3,(H,17,18)/t11-/m1/s1. The Hall–Kier alpha value is -1.40. The summed E-state index contributed by atoms with van der Waals surface area (Å²) in [6.07, 6.45) is 0. The minimum atomic E-state index is -3.55. The van der Waals surface area contributed by atoms with E-state index in [4.69, 9.17) is 0 Å². The van der Waals surface area contributed by atoms with Crippen LogP contribution in [0.3, 0.4) is 0 Å². The molecular weight excluding hydrogens is 288 g/mol. The number of amides is 1. The van der Waals surface area contributed by atoms with Crippen LogP contribution in [-0.4, -0.2) is 26.9 Å². The molecule has 0 bridgehead atoms. The van der Waals surface area contributed by atoms with E-state index in [1.54, 1.807) is 19.1 Å². The Morgan fingerprint density at radius 3 is 2.43 bits per heavy atom. The highest BCUT2D eigenvalue weighted by molar-refractivity contribution is 7.89. The first-order valence-corrected chi connectivity index (χ1v) is 8.47. The van der Waals surface area contributed by atoms with E-state index in [0.29, 0.717) is 12.1 Å². The predicted molar refractivity (Wildman–Crippen MR) is 83.7 cm³/mol. The first-order chi connectivity index (χ1) is 9.58. The van der Waals surface area contributed by atoms with Crippen LogP contribution in [0.25, 0.3) is 0 Å². The average molecular weight is 312 g/mol. The largest absolute Gasteiger partial charge is 0.349 e. The van der Waals surface area contributed by atoms with Gasteiger partial charge in [0.05, 0.1) is 4.90 Å². The molecule has 0 spiro atoms. The normalized spacial score (nSPS) is 13.8. The molecule has 1 aromatic carbocycles. The molecule has 1 atom stereocenters. The zero-order chi connectivity index (χ0) is 16.3. The molecule has 2 N–H and O–H groups in total. The molecule has 0 aliphatic rings. The highest BCUT2D eigenvalue weighted by Crippen LogP contribution is 2.19. The number of carbonyl (C=O) groups is 1. The van der Waals surface area contributed by atoms with Gasteiger partial charge in [-0.3, -0.25) is 4.79 Å². The summed E-state index contributed by atoms with van der Waals surface area (Å²) in [7, 11) is -3.55. The van der Waals surface area contributed by atoms with Gasteiger partial charge in [-0.1, -0.05) is 33.8 Å². The number of hydrogen-bond acceptors (Lipinski definition) is 3. The van der Waals surface area contributed by atoms with E-state index in [0.717, 1.165) is 0 Å². The summed E-state index contributed by atoms with van der Waals surface area (Å²) in [5.74, 6) is -0.272. The molecule has 0 heterocycles. The van der Waals surface area contributed by atoms with Crippen LogP contribution in [0.4, 0.5) is 0 Å². The van der Waals surface area contributed by atoms with Gasteiger partial charge in [-0.15, -0.1) is 0 Å². The van der Waals surface area contributed by atoms with Crippen molar-refractivity contribution < 1.29 is 13.2 Å². The lowest BCUT2D eigenvalue weighted by molar-refractivity contribution is 0.0910. The minimum Gasteiger partial charge on any atom is -0.349 e. The van der Waals surface area contributed by atoms with Gasteiger partial charge in [-0.05, 0) is 30.5 Å². The maximum Gasteiger partial charge on any atom is 0.251 e. The Kier molecular flexibility index (Phi) is 5.53. The Balaban J connectivity index is 2.98. The minimum absolute atomic E-state index is 0.0287. The van der Waals surface area contributed by atoms with Gasteiger partial charge in [-0.2, -0.15) is 0 Å². The molecule has 6 heteroatoms. The van der Waals surface area contributed by atoms with Crippen LogP contribution in [0.2, 0.25) is 0 Å².